The number of para-hydroxylation sites is 4. The number of fused-ring (bicyclic) bond motifs is 11. The molecule has 9 aromatic rings. The van der Waals surface area contributed by atoms with Crippen molar-refractivity contribution in [1.82, 2.24) is 0 Å². The van der Waals surface area contributed by atoms with Gasteiger partial charge < -0.3 is 14.2 Å². The lowest BCUT2D eigenvalue weighted by Crippen LogP contribution is -2.67. The topological polar surface area (TPSA) is 19.6 Å². The summed E-state index contributed by atoms with van der Waals surface area (Å²) in [5.74, 6) is 0. The van der Waals surface area contributed by atoms with Gasteiger partial charge in [0.1, 0.15) is 19.2 Å². The molecule has 12 rings (SSSR count). The number of thiophene rings is 1. The highest BCUT2D eigenvalue weighted by molar-refractivity contribution is 7.33. The molecule has 0 saturated carbocycles. The van der Waals surface area contributed by atoms with Crippen LogP contribution in [0.2, 0.25) is 13.1 Å². The van der Waals surface area contributed by atoms with E-state index in [4.69, 9.17) is 4.42 Å². The summed E-state index contributed by atoms with van der Waals surface area (Å²) >= 11 is 1.96. The van der Waals surface area contributed by atoms with Crippen LogP contribution in [0.5, 0.6) is 0 Å². The van der Waals surface area contributed by atoms with Crippen molar-refractivity contribution in [3.05, 3.63) is 152 Å². The van der Waals surface area contributed by atoms with Gasteiger partial charge in [-0.15, -0.1) is 11.3 Å². The van der Waals surface area contributed by atoms with Crippen LogP contribution in [0.1, 0.15) is 0 Å². The summed E-state index contributed by atoms with van der Waals surface area (Å²) in [6.07, 6.45) is 0. The van der Waals surface area contributed by atoms with E-state index >= 15 is 0 Å². The van der Waals surface area contributed by atoms with Crippen molar-refractivity contribution >= 4 is 118 Å². The van der Waals surface area contributed by atoms with Gasteiger partial charge in [-0.05, 0) is 81.0 Å². The highest BCUT2D eigenvalue weighted by Gasteiger charge is 2.49. The van der Waals surface area contributed by atoms with Crippen molar-refractivity contribution in [3.63, 3.8) is 0 Å². The number of nitrogens with zero attached hydrogens (tertiary/aromatic N) is 2. The molecule has 52 heavy (non-hydrogen) atoms. The first-order valence-corrected chi connectivity index (χ1v) is 21.9. The summed E-state index contributed by atoms with van der Waals surface area (Å²) in [5, 5.41) is 6.61. The molecule has 0 radical (unpaired) electrons. The van der Waals surface area contributed by atoms with E-state index in [2.05, 4.69) is 175 Å². The van der Waals surface area contributed by atoms with Gasteiger partial charge in [0.15, 0.2) is 0 Å². The van der Waals surface area contributed by atoms with E-state index in [1.54, 1.807) is 0 Å². The van der Waals surface area contributed by atoms with Gasteiger partial charge in [-0.25, -0.2) is 0 Å². The minimum Gasteiger partial charge on any atom is -0.456 e. The van der Waals surface area contributed by atoms with Gasteiger partial charge in [0.25, 0.3) is 6.71 Å². The van der Waals surface area contributed by atoms with Crippen molar-refractivity contribution in [2.24, 2.45) is 0 Å². The summed E-state index contributed by atoms with van der Waals surface area (Å²) in [5.41, 5.74) is 14.7. The molecule has 0 unspecified atom stereocenters. The number of rotatable bonds is 2. The van der Waals surface area contributed by atoms with Gasteiger partial charge in [0.05, 0.1) is 5.69 Å². The molecule has 2 aromatic heterocycles. The maximum absolute atomic E-state index is 6.45. The Labute approximate surface area is 307 Å². The average Bonchev–Trinajstić information content (AvgIpc) is 3.76. The molecule has 7 aromatic carbocycles. The molecular formula is C46H31BN2OSSi. The van der Waals surface area contributed by atoms with Crippen LogP contribution in [0, 0.1) is 0 Å². The third kappa shape index (κ3) is 3.60. The molecule has 0 aliphatic carbocycles. The molecule has 3 aliphatic rings. The minimum absolute atomic E-state index is 0.109. The van der Waals surface area contributed by atoms with Gasteiger partial charge in [-0.1, -0.05) is 116 Å². The van der Waals surface area contributed by atoms with Crippen molar-refractivity contribution in [3.8, 4) is 11.1 Å². The van der Waals surface area contributed by atoms with E-state index in [9.17, 15) is 0 Å². The maximum Gasteiger partial charge on any atom is 0.264 e. The SMILES string of the molecule is C[Si]1(C)c2ccccc2N2c3cc(-c4cccc5oc6ccccc6c45)cc4c3B(c3cccc1c32)c1sc2ccccc2c1N4c1ccccc1. The van der Waals surface area contributed by atoms with Gasteiger partial charge in [0, 0.05) is 54.1 Å². The quantitative estimate of drug-likeness (QED) is 0.168. The largest absolute Gasteiger partial charge is 0.456 e. The number of furan rings is 1. The smallest absolute Gasteiger partial charge is 0.264 e. The summed E-state index contributed by atoms with van der Waals surface area (Å²) in [4.78, 5) is 5.19. The predicted molar refractivity (Wildman–Crippen MR) is 225 cm³/mol. The van der Waals surface area contributed by atoms with Gasteiger partial charge in [-0.3, -0.25) is 0 Å². The Morgan fingerprint density at radius 1 is 0.577 bits per heavy atom. The fourth-order valence-corrected chi connectivity index (χ4v) is 13.9. The van der Waals surface area contributed by atoms with Crippen LogP contribution in [0.4, 0.5) is 34.1 Å². The van der Waals surface area contributed by atoms with Gasteiger partial charge in [0.2, 0.25) is 0 Å². The lowest BCUT2D eigenvalue weighted by atomic mass is 9.36. The number of benzene rings is 7. The molecular weight excluding hydrogens is 667 g/mol. The van der Waals surface area contributed by atoms with E-state index < -0.39 is 8.07 Å². The van der Waals surface area contributed by atoms with Gasteiger partial charge in [-0.2, -0.15) is 0 Å². The molecule has 0 amide bonds. The van der Waals surface area contributed by atoms with E-state index in [0.717, 1.165) is 21.9 Å². The van der Waals surface area contributed by atoms with Crippen molar-refractivity contribution in [2.45, 2.75) is 13.1 Å². The van der Waals surface area contributed by atoms with Crippen LogP contribution in [0.15, 0.2) is 156 Å². The summed E-state index contributed by atoms with van der Waals surface area (Å²) in [6, 6.07) is 56.3. The molecule has 6 heteroatoms. The molecule has 0 atom stereocenters. The Bertz CT molecular complexity index is 2980. The molecule has 5 heterocycles. The average molecular weight is 699 g/mol. The van der Waals surface area contributed by atoms with Crippen LogP contribution in [0.25, 0.3) is 43.2 Å². The molecule has 0 N–H and O–H groups in total. The second kappa shape index (κ2) is 10.2. The number of hydrogen-bond donors (Lipinski definition) is 0. The predicted octanol–water partition coefficient (Wildman–Crippen LogP) is 9.69. The Morgan fingerprint density at radius 3 is 2.15 bits per heavy atom. The zero-order chi connectivity index (χ0) is 34.3. The Hall–Kier alpha value is -5.82. The van der Waals surface area contributed by atoms with Crippen LogP contribution in [-0.4, -0.2) is 14.8 Å². The molecule has 3 nitrogen and oxygen atoms in total. The minimum atomic E-state index is -2.03. The van der Waals surface area contributed by atoms with E-state index in [-0.39, 0.29) is 6.71 Å². The van der Waals surface area contributed by atoms with Crippen molar-refractivity contribution in [2.75, 3.05) is 9.80 Å². The Kier molecular flexibility index (Phi) is 5.63. The second-order valence-corrected chi connectivity index (χ2v) is 20.3. The second-order valence-electron chi connectivity index (χ2n) is 14.8. The van der Waals surface area contributed by atoms with Crippen molar-refractivity contribution < 1.29 is 4.42 Å². The molecule has 3 aliphatic heterocycles. The highest BCUT2D eigenvalue weighted by Crippen LogP contribution is 2.50. The molecule has 244 valence electrons. The van der Waals surface area contributed by atoms with Crippen LogP contribution < -0.4 is 35.9 Å². The molecule has 0 saturated heterocycles. The summed E-state index contributed by atoms with van der Waals surface area (Å²) in [7, 11) is -2.03. The summed E-state index contributed by atoms with van der Waals surface area (Å²) in [6.45, 7) is 5.17. The van der Waals surface area contributed by atoms with Crippen molar-refractivity contribution in [1.29, 1.82) is 0 Å². The van der Waals surface area contributed by atoms with E-state index in [0.29, 0.717) is 0 Å². The zero-order valence-electron chi connectivity index (χ0n) is 28.7. The van der Waals surface area contributed by atoms with Crippen LogP contribution in [-0.2, 0) is 0 Å². The maximum atomic E-state index is 6.45. The Morgan fingerprint density at radius 2 is 1.27 bits per heavy atom. The first-order valence-electron chi connectivity index (χ1n) is 18.1. The third-order valence-corrected chi connectivity index (χ3v) is 16.6. The van der Waals surface area contributed by atoms with Gasteiger partial charge >= 0.3 is 0 Å². The van der Waals surface area contributed by atoms with Crippen LogP contribution in [0.3, 0.4) is 0 Å². The third-order valence-electron chi connectivity index (χ3n) is 11.8. The lowest BCUT2D eigenvalue weighted by molar-refractivity contribution is 0.669. The standard InChI is InChI=1S/C46H31BN2OSSi/c1-52(2)40-24-11-8-20-34(40)49-36-27-28(30-18-12-22-38-42(30)31-16-6-9-21-37(31)50-38)26-35-43(36)47(33-19-13-25-41(52)45(33)49)46-44(32-17-7-10-23-39(32)51-46)48(35)29-14-4-3-5-15-29/h3-27H,1-2H3. The van der Waals surface area contributed by atoms with E-state index in [1.807, 2.05) is 11.3 Å². The highest BCUT2D eigenvalue weighted by atomic mass is 32.1. The monoisotopic (exact) mass is 698 g/mol. The normalized spacial score (nSPS) is 14.8. The van der Waals surface area contributed by atoms with E-state index in [1.165, 1.54) is 81.4 Å². The first kappa shape index (κ1) is 28.8. The van der Waals surface area contributed by atoms with Crippen LogP contribution >= 0.6 is 11.3 Å². The first-order chi connectivity index (χ1) is 25.6. The number of hydrogen-bond acceptors (Lipinski definition) is 4. The zero-order valence-corrected chi connectivity index (χ0v) is 30.5. The molecule has 0 spiro atoms. The number of anilines is 6. The molecule has 0 fully saturated rings. The summed E-state index contributed by atoms with van der Waals surface area (Å²) < 4.78 is 9.20. The lowest BCUT2D eigenvalue weighted by Gasteiger charge is -2.48. The Balaban J connectivity index is 1.27. The fourth-order valence-electron chi connectivity index (χ4n) is 9.59. The fraction of sp³-hybridized carbons (Fsp3) is 0.0435. The molecule has 0 bridgehead atoms.